The summed E-state index contributed by atoms with van der Waals surface area (Å²) in [6.07, 6.45) is 12.7. The second kappa shape index (κ2) is 6.11. The maximum atomic E-state index is 9.44. The van der Waals surface area contributed by atoms with E-state index in [4.69, 9.17) is 4.74 Å². The van der Waals surface area contributed by atoms with Gasteiger partial charge in [-0.15, -0.1) is 0 Å². The highest BCUT2D eigenvalue weighted by atomic mass is 16.5. The van der Waals surface area contributed by atoms with E-state index in [-0.39, 0.29) is 5.60 Å². The highest BCUT2D eigenvalue weighted by molar-refractivity contribution is 4.94. The fourth-order valence-corrected chi connectivity index (χ4v) is 4.49. The van der Waals surface area contributed by atoms with Gasteiger partial charge < -0.3 is 15.2 Å². The topological polar surface area (TPSA) is 41.5 Å². The normalized spacial score (nSPS) is 38.7. The predicted octanol–water partition coefficient (Wildman–Crippen LogP) is 2.62. The van der Waals surface area contributed by atoms with E-state index in [9.17, 15) is 5.11 Å². The van der Waals surface area contributed by atoms with Crippen molar-refractivity contribution in [1.29, 1.82) is 0 Å². The van der Waals surface area contributed by atoms with E-state index in [2.05, 4.69) is 5.32 Å². The molecule has 2 N–H and O–H groups in total. The van der Waals surface area contributed by atoms with Crippen molar-refractivity contribution in [2.24, 2.45) is 5.92 Å². The van der Waals surface area contributed by atoms with Gasteiger partial charge in [-0.2, -0.15) is 0 Å². The van der Waals surface area contributed by atoms with Gasteiger partial charge in [0.2, 0.25) is 0 Å². The molecule has 0 amide bonds. The summed E-state index contributed by atoms with van der Waals surface area (Å²) in [5.41, 5.74) is 0.196. The van der Waals surface area contributed by atoms with Crippen molar-refractivity contribution in [3.63, 3.8) is 0 Å². The number of hydrogen-bond donors (Lipinski definition) is 2. The van der Waals surface area contributed by atoms with E-state index >= 15 is 0 Å². The molecule has 3 nitrogen and oxygen atoms in total. The zero-order valence-electron chi connectivity index (χ0n) is 12.1. The molecule has 3 rings (SSSR count). The number of aliphatic hydroxyl groups is 1. The van der Waals surface area contributed by atoms with Gasteiger partial charge in [-0.3, -0.25) is 0 Å². The summed E-state index contributed by atoms with van der Waals surface area (Å²) in [5.74, 6) is 0.491. The van der Waals surface area contributed by atoms with Crippen LogP contribution in [0, 0.1) is 5.92 Å². The third-order valence-electron chi connectivity index (χ3n) is 5.60. The number of hydrogen-bond acceptors (Lipinski definition) is 3. The Kier molecular flexibility index (Phi) is 4.45. The van der Waals surface area contributed by atoms with Crippen LogP contribution in [0.25, 0.3) is 0 Å². The molecule has 19 heavy (non-hydrogen) atoms. The third kappa shape index (κ3) is 3.14. The third-order valence-corrected chi connectivity index (χ3v) is 5.60. The van der Waals surface area contributed by atoms with E-state index in [0.717, 1.165) is 13.0 Å². The first-order valence-electron chi connectivity index (χ1n) is 8.32. The molecule has 2 aliphatic carbocycles. The number of aliphatic hydroxyl groups excluding tert-OH is 1. The molecule has 0 radical (unpaired) electrons. The average Bonchev–Trinajstić information content (AvgIpc) is 2.87. The van der Waals surface area contributed by atoms with E-state index in [0.29, 0.717) is 24.6 Å². The molecule has 3 aliphatic rings. The highest BCUT2D eigenvalue weighted by Gasteiger charge is 2.39. The van der Waals surface area contributed by atoms with Crippen LogP contribution in [-0.2, 0) is 4.74 Å². The average molecular weight is 267 g/mol. The molecule has 1 aliphatic heterocycles. The Hall–Kier alpha value is -0.120. The quantitative estimate of drug-likeness (QED) is 0.826. The van der Waals surface area contributed by atoms with Gasteiger partial charge in [-0.05, 0) is 44.4 Å². The highest BCUT2D eigenvalue weighted by Crippen LogP contribution is 2.39. The van der Waals surface area contributed by atoms with E-state index in [1.807, 2.05) is 0 Å². The molecule has 1 spiro atoms. The largest absolute Gasteiger partial charge is 0.396 e. The van der Waals surface area contributed by atoms with Gasteiger partial charge in [0, 0.05) is 25.3 Å². The summed E-state index contributed by atoms with van der Waals surface area (Å²) in [4.78, 5) is 0. The minimum absolute atomic E-state index is 0.196. The summed E-state index contributed by atoms with van der Waals surface area (Å²) in [7, 11) is 0. The van der Waals surface area contributed by atoms with Crippen LogP contribution in [0.1, 0.15) is 64.2 Å². The molecule has 0 aromatic rings. The first-order valence-corrected chi connectivity index (χ1v) is 8.32. The molecule has 1 heterocycles. The standard InChI is InChI=1S/C16H29NO2/c18-12-13-5-4-6-15(13)17-14-7-10-19-16(11-14)8-2-1-3-9-16/h13-15,17-18H,1-12H2. The summed E-state index contributed by atoms with van der Waals surface area (Å²) < 4.78 is 6.16. The SMILES string of the molecule is OCC1CCCC1NC1CCOC2(CCCCC2)C1. The molecule has 3 unspecified atom stereocenters. The first kappa shape index (κ1) is 13.8. The van der Waals surface area contributed by atoms with Gasteiger partial charge in [0.05, 0.1) is 5.60 Å². The molecule has 3 fully saturated rings. The van der Waals surface area contributed by atoms with Crippen LogP contribution in [0.4, 0.5) is 0 Å². The molecule has 3 heteroatoms. The smallest absolute Gasteiger partial charge is 0.0697 e. The summed E-state index contributed by atoms with van der Waals surface area (Å²) in [6.45, 7) is 1.28. The Morgan fingerprint density at radius 2 is 1.89 bits per heavy atom. The maximum Gasteiger partial charge on any atom is 0.0697 e. The monoisotopic (exact) mass is 267 g/mol. The second-order valence-corrected chi connectivity index (χ2v) is 6.93. The molecule has 3 atom stereocenters. The van der Waals surface area contributed by atoms with Crippen LogP contribution in [-0.4, -0.2) is 36.0 Å². The molecule has 0 aromatic carbocycles. The molecular formula is C16H29NO2. The van der Waals surface area contributed by atoms with Gasteiger partial charge >= 0.3 is 0 Å². The van der Waals surface area contributed by atoms with E-state index < -0.39 is 0 Å². The fraction of sp³-hybridized carbons (Fsp3) is 1.00. The summed E-state index contributed by atoms with van der Waals surface area (Å²) in [5, 5.41) is 13.3. The molecule has 0 bridgehead atoms. The maximum absolute atomic E-state index is 9.44. The van der Waals surface area contributed by atoms with Crippen molar-refractivity contribution >= 4 is 0 Å². The van der Waals surface area contributed by atoms with Crippen molar-refractivity contribution in [2.75, 3.05) is 13.2 Å². The van der Waals surface area contributed by atoms with Crippen molar-refractivity contribution in [3.8, 4) is 0 Å². The minimum Gasteiger partial charge on any atom is -0.396 e. The molecular weight excluding hydrogens is 238 g/mol. The Balaban J connectivity index is 1.56. The first-order chi connectivity index (χ1) is 9.31. The Bertz CT molecular complexity index is 283. The Morgan fingerprint density at radius 3 is 2.68 bits per heavy atom. The van der Waals surface area contributed by atoms with Crippen molar-refractivity contribution in [2.45, 2.75) is 81.9 Å². The summed E-state index contributed by atoms with van der Waals surface area (Å²) in [6, 6.07) is 1.16. The minimum atomic E-state index is 0.196. The molecule has 1 saturated heterocycles. The number of ether oxygens (including phenoxy) is 1. The lowest BCUT2D eigenvalue weighted by Gasteiger charge is -2.44. The Labute approximate surface area is 117 Å². The molecule has 110 valence electrons. The van der Waals surface area contributed by atoms with Gasteiger partial charge in [-0.1, -0.05) is 25.7 Å². The lowest BCUT2D eigenvalue weighted by atomic mass is 9.78. The van der Waals surface area contributed by atoms with Crippen LogP contribution < -0.4 is 5.32 Å². The lowest BCUT2D eigenvalue weighted by molar-refractivity contribution is -0.110. The van der Waals surface area contributed by atoms with Crippen LogP contribution >= 0.6 is 0 Å². The van der Waals surface area contributed by atoms with Gasteiger partial charge in [0.1, 0.15) is 0 Å². The van der Waals surface area contributed by atoms with E-state index in [1.54, 1.807) is 0 Å². The zero-order chi connectivity index (χ0) is 13.1. The van der Waals surface area contributed by atoms with E-state index in [1.165, 1.54) is 57.8 Å². The summed E-state index contributed by atoms with van der Waals surface area (Å²) >= 11 is 0. The fourth-order valence-electron chi connectivity index (χ4n) is 4.49. The van der Waals surface area contributed by atoms with Crippen LogP contribution in [0.3, 0.4) is 0 Å². The number of rotatable bonds is 3. The van der Waals surface area contributed by atoms with Gasteiger partial charge in [0.15, 0.2) is 0 Å². The van der Waals surface area contributed by atoms with Crippen molar-refractivity contribution in [3.05, 3.63) is 0 Å². The van der Waals surface area contributed by atoms with Crippen molar-refractivity contribution in [1.82, 2.24) is 5.32 Å². The Morgan fingerprint density at radius 1 is 1.05 bits per heavy atom. The second-order valence-electron chi connectivity index (χ2n) is 6.93. The molecule has 2 saturated carbocycles. The van der Waals surface area contributed by atoms with Crippen LogP contribution in [0.15, 0.2) is 0 Å². The van der Waals surface area contributed by atoms with Crippen LogP contribution in [0.5, 0.6) is 0 Å². The predicted molar refractivity (Wildman–Crippen MR) is 76.1 cm³/mol. The van der Waals surface area contributed by atoms with Gasteiger partial charge in [-0.25, -0.2) is 0 Å². The van der Waals surface area contributed by atoms with Gasteiger partial charge in [0.25, 0.3) is 0 Å². The number of nitrogens with one attached hydrogen (secondary N) is 1. The van der Waals surface area contributed by atoms with Crippen LogP contribution in [0.2, 0.25) is 0 Å². The lowest BCUT2D eigenvalue weighted by Crippen LogP contribution is -2.51. The zero-order valence-corrected chi connectivity index (χ0v) is 12.1. The van der Waals surface area contributed by atoms with Crippen molar-refractivity contribution < 1.29 is 9.84 Å². The molecule has 0 aromatic heterocycles.